The smallest absolute Gasteiger partial charge is 0.267 e. The second-order valence-electron chi connectivity index (χ2n) is 2.84. The van der Waals surface area contributed by atoms with Crippen LogP contribution in [0.2, 0.25) is 0 Å². The summed E-state index contributed by atoms with van der Waals surface area (Å²) in [4.78, 5) is 0. The van der Waals surface area contributed by atoms with Crippen molar-refractivity contribution in [3.63, 3.8) is 0 Å². The van der Waals surface area contributed by atoms with Crippen LogP contribution in [-0.2, 0) is 4.74 Å². The van der Waals surface area contributed by atoms with Gasteiger partial charge in [-0.05, 0) is 6.92 Å². The van der Waals surface area contributed by atoms with Gasteiger partial charge in [0.2, 0.25) is 0 Å². The zero-order chi connectivity index (χ0) is 12.0. The first-order valence-electron chi connectivity index (χ1n) is 4.23. The van der Waals surface area contributed by atoms with Gasteiger partial charge in [0.15, 0.2) is 0 Å². The van der Waals surface area contributed by atoms with Crippen LogP contribution in [0.3, 0.4) is 0 Å². The normalized spacial score (nSPS) is 18.1. The Morgan fingerprint density at radius 2 is 1.80 bits per heavy atom. The highest BCUT2D eigenvalue weighted by Gasteiger charge is 2.28. The van der Waals surface area contributed by atoms with Crippen LogP contribution in [0.4, 0.5) is 13.2 Å². The molecule has 0 saturated heterocycles. The quantitative estimate of drug-likeness (QED) is 0.704. The third-order valence-electron chi connectivity index (χ3n) is 1.81. The standard InChI is InChI=1S/C9H13F3O3/c1-3-6(11)8(15-9(13)14)5(2)7(12)4-10/h3-5,8-9,13-14H,1-2H3/b6-3-,7-4-. The van der Waals surface area contributed by atoms with E-state index in [1.54, 1.807) is 0 Å². The van der Waals surface area contributed by atoms with Crippen LogP contribution in [-0.4, -0.2) is 22.8 Å². The van der Waals surface area contributed by atoms with Crippen molar-refractivity contribution in [2.45, 2.75) is 26.4 Å². The molecule has 0 aromatic carbocycles. The summed E-state index contributed by atoms with van der Waals surface area (Å²) in [5.74, 6) is -3.43. The Labute approximate surface area is 85.5 Å². The van der Waals surface area contributed by atoms with Crippen molar-refractivity contribution in [2.75, 3.05) is 0 Å². The van der Waals surface area contributed by atoms with E-state index in [4.69, 9.17) is 10.2 Å². The minimum Gasteiger partial charge on any atom is -0.346 e. The summed E-state index contributed by atoms with van der Waals surface area (Å²) in [7, 11) is 0. The molecule has 0 rings (SSSR count). The Bertz CT molecular complexity index is 251. The molecule has 0 aromatic rings. The van der Waals surface area contributed by atoms with Crippen molar-refractivity contribution in [2.24, 2.45) is 5.92 Å². The summed E-state index contributed by atoms with van der Waals surface area (Å²) in [6.07, 6.45) is -0.926. The maximum Gasteiger partial charge on any atom is 0.267 e. The predicted octanol–water partition coefficient (Wildman–Crippen LogP) is 1.93. The molecule has 0 radical (unpaired) electrons. The average Bonchev–Trinajstić information content (AvgIpc) is 2.22. The lowest BCUT2D eigenvalue weighted by molar-refractivity contribution is -0.257. The molecule has 0 aliphatic heterocycles. The van der Waals surface area contributed by atoms with Crippen molar-refractivity contribution in [1.29, 1.82) is 0 Å². The largest absolute Gasteiger partial charge is 0.346 e. The fourth-order valence-corrected chi connectivity index (χ4v) is 0.961. The van der Waals surface area contributed by atoms with Gasteiger partial charge in [-0.1, -0.05) is 13.0 Å². The number of rotatable bonds is 5. The monoisotopic (exact) mass is 226 g/mol. The molecule has 2 N–H and O–H groups in total. The summed E-state index contributed by atoms with van der Waals surface area (Å²) in [6, 6.07) is 0. The van der Waals surface area contributed by atoms with Crippen molar-refractivity contribution in [3.8, 4) is 0 Å². The van der Waals surface area contributed by atoms with Gasteiger partial charge in [-0.2, -0.15) is 0 Å². The number of ether oxygens (including phenoxy) is 1. The molecule has 2 unspecified atom stereocenters. The van der Waals surface area contributed by atoms with Gasteiger partial charge in [0.1, 0.15) is 24.1 Å². The number of allylic oxidation sites excluding steroid dienone is 1. The first-order valence-corrected chi connectivity index (χ1v) is 4.23. The molecular weight excluding hydrogens is 213 g/mol. The topological polar surface area (TPSA) is 49.7 Å². The second-order valence-corrected chi connectivity index (χ2v) is 2.84. The van der Waals surface area contributed by atoms with Crippen molar-refractivity contribution >= 4 is 0 Å². The zero-order valence-corrected chi connectivity index (χ0v) is 8.32. The molecule has 0 amide bonds. The lowest BCUT2D eigenvalue weighted by atomic mass is 10.0. The SMILES string of the molecule is C/C=C(\F)C(OC(O)O)C(C)/C(F)=C/F. The highest BCUT2D eigenvalue weighted by molar-refractivity contribution is 5.07. The summed E-state index contributed by atoms with van der Waals surface area (Å²) in [5, 5.41) is 16.9. The van der Waals surface area contributed by atoms with Gasteiger partial charge in [0.25, 0.3) is 6.48 Å². The molecule has 15 heavy (non-hydrogen) atoms. The van der Waals surface area contributed by atoms with E-state index in [0.29, 0.717) is 0 Å². The molecule has 6 heteroatoms. The van der Waals surface area contributed by atoms with E-state index in [-0.39, 0.29) is 6.33 Å². The molecule has 0 fully saturated rings. The molecule has 0 saturated carbocycles. The van der Waals surface area contributed by atoms with E-state index in [1.165, 1.54) is 6.92 Å². The Balaban J connectivity index is 4.78. The fourth-order valence-electron chi connectivity index (χ4n) is 0.961. The zero-order valence-electron chi connectivity index (χ0n) is 8.32. The van der Waals surface area contributed by atoms with Gasteiger partial charge < -0.3 is 14.9 Å². The van der Waals surface area contributed by atoms with Crippen molar-refractivity contribution < 1.29 is 28.1 Å². The minimum atomic E-state index is -2.25. The van der Waals surface area contributed by atoms with Gasteiger partial charge in [-0.15, -0.1) is 0 Å². The Hall–Kier alpha value is -0.850. The van der Waals surface area contributed by atoms with Crippen LogP contribution in [0, 0.1) is 5.92 Å². The minimum absolute atomic E-state index is 0.326. The van der Waals surface area contributed by atoms with Crippen molar-refractivity contribution in [3.05, 3.63) is 24.1 Å². The number of halogens is 3. The van der Waals surface area contributed by atoms with Gasteiger partial charge in [0, 0.05) is 5.92 Å². The van der Waals surface area contributed by atoms with E-state index in [9.17, 15) is 13.2 Å². The van der Waals surface area contributed by atoms with Gasteiger partial charge in [-0.25, -0.2) is 13.2 Å². The summed E-state index contributed by atoms with van der Waals surface area (Å²) in [5.41, 5.74) is 0. The predicted molar refractivity (Wildman–Crippen MR) is 47.4 cm³/mol. The second kappa shape index (κ2) is 6.60. The molecule has 0 spiro atoms. The first-order chi connectivity index (χ1) is 6.93. The van der Waals surface area contributed by atoms with E-state index < -0.39 is 30.2 Å². The lowest BCUT2D eigenvalue weighted by Crippen LogP contribution is -2.28. The third kappa shape index (κ3) is 4.46. The van der Waals surface area contributed by atoms with Crippen LogP contribution in [0.1, 0.15) is 13.8 Å². The molecule has 0 aromatic heterocycles. The molecule has 2 atom stereocenters. The molecule has 0 bridgehead atoms. The Morgan fingerprint density at radius 1 is 1.27 bits per heavy atom. The van der Waals surface area contributed by atoms with E-state index in [2.05, 4.69) is 4.74 Å². The summed E-state index contributed by atoms with van der Waals surface area (Å²) in [6.45, 7) is 0.219. The molecular formula is C9H13F3O3. The average molecular weight is 226 g/mol. The van der Waals surface area contributed by atoms with Gasteiger partial charge >= 0.3 is 0 Å². The number of aliphatic hydroxyl groups excluding tert-OH is 1. The number of hydrogen-bond acceptors (Lipinski definition) is 3. The molecule has 0 aliphatic rings. The van der Waals surface area contributed by atoms with E-state index in [0.717, 1.165) is 13.0 Å². The third-order valence-corrected chi connectivity index (χ3v) is 1.81. The summed E-state index contributed by atoms with van der Waals surface area (Å²) < 4.78 is 42.0. The van der Waals surface area contributed by atoms with Crippen LogP contribution < -0.4 is 0 Å². The van der Waals surface area contributed by atoms with Crippen LogP contribution >= 0.6 is 0 Å². The van der Waals surface area contributed by atoms with Crippen LogP contribution in [0.25, 0.3) is 0 Å². The molecule has 0 aliphatic carbocycles. The highest BCUT2D eigenvalue weighted by atomic mass is 19.2. The van der Waals surface area contributed by atoms with Crippen LogP contribution in [0.5, 0.6) is 0 Å². The molecule has 0 heterocycles. The molecule has 88 valence electrons. The summed E-state index contributed by atoms with van der Waals surface area (Å²) >= 11 is 0. The Morgan fingerprint density at radius 3 is 2.13 bits per heavy atom. The van der Waals surface area contributed by atoms with Crippen LogP contribution in [0.15, 0.2) is 24.1 Å². The number of aliphatic hydroxyl groups is 2. The molecule has 3 nitrogen and oxygen atoms in total. The maximum absolute atomic E-state index is 13.1. The highest BCUT2D eigenvalue weighted by Crippen LogP contribution is 2.25. The van der Waals surface area contributed by atoms with Gasteiger partial charge in [-0.3, -0.25) is 0 Å². The fraction of sp³-hybridized carbons (Fsp3) is 0.556. The Kier molecular flexibility index (Phi) is 6.23. The lowest BCUT2D eigenvalue weighted by Gasteiger charge is -2.22. The van der Waals surface area contributed by atoms with E-state index in [1.807, 2.05) is 0 Å². The first kappa shape index (κ1) is 14.2. The van der Waals surface area contributed by atoms with Gasteiger partial charge in [0.05, 0.1) is 0 Å². The number of hydrogen-bond donors (Lipinski definition) is 2. The van der Waals surface area contributed by atoms with Crippen molar-refractivity contribution in [1.82, 2.24) is 0 Å². The van der Waals surface area contributed by atoms with E-state index >= 15 is 0 Å². The maximum atomic E-state index is 13.1.